The molecular weight excluding hydrogens is 204 g/mol. The average molecular weight is 222 g/mol. The Hall–Kier alpha value is -1.75. The third kappa shape index (κ3) is 12.2. The molecule has 0 aliphatic rings. The number of hydrogen-bond acceptors (Lipinski definition) is 5. The van der Waals surface area contributed by atoms with E-state index in [4.69, 9.17) is 10.5 Å². The minimum absolute atomic E-state index is 0.167. The third-order valence-corrected chi connectivity index (χ3v) is 1.10. The first kappa shape index (κ1) is 16.7. The zero-order chi connectivity index (χ0) is 13.4. The molecule has 0 heterocycles. The largest absolute Gasteiger partial charge is 0.300 e. The smallest absolute Gasteiger partial charge is 0.162 e. The number of ketones is 1. The molecule has 0 aliphatic heterocycles. The lowest BCUT2D eigenvalue weighted by Crippen LogP contribution is -2.17. The zero-order valence-corrected chi connectivity index (χ0v) is 10.7. The normalized spacial score (nSPS) is 11.0. The molecule has 0 atom stereocenters. The van der Waals surface area contributed by atoms with Crippen molar-refractivity contribution in [2.75, 3.05) is 0 Å². The van der Waals surface area contributed by atoms with Gasteiger partial charge in [0.15, 0.2) is 11.1 Å². The fraction of sp³-hybridized carbons (Fsp3) is 0.727. The Morgan fingerprint density at radius 1 is 0.938 bits per heavy atom. The maximum absolute atomic E-state index is 9.44. The molecule has 0 spiro atoms. The zero-order valence-electron chi connectivity index (χ0n) is 10.7. The predicted octanol–water partition coefficient (Wildman–Crippen LogP) is 2.64. The Morgan fingerprint density at radius 2 is 1.12 bits per heavy atom. The summed E-state index contributed by atoms with van der Waals surface area (Å²) in [6.07, 6.45) is 0. The van der Waals surface area contributed by atoms with Crippen LogP contribution >= 0.6 is 0 Å². The summed E-state index contributed by atoms with van der Waals surface area (Å²) >= 11 is 0. The van der Waals surface area contributed by atoms with Crippen LogP contribution in [-0.4, -0.2) is 16.9 Å². The summed E-state index contributed by atoms with van der Waals surface area (Å²) in [5.74, 6) is 0.167. The summed E-state index contributed by atoms with van der Waals surface area (Å²) in [4.78, 5) is 9.44. The Labute approximate surface area is 96.8 Å². The fourth-order valence-corrected chi connectivity index (χ4v) is 0.295. The van der Waals surface area contributed by atoms with Gasteiger partial charge >= 0.3 is 0 Å². The predicted molar refractivity (Wildman–Crippen MR) is 60.6 cm³/mol. The van der Waals surface area contributed by atoms with Crippen molar-refractivity contribution in [3.05, 3.63) is 0 Å². The monoisotopic (exact) mass is 222 g/mol. The van der Waals surface area contributed by atoms with Crippen molar-refractivity contribution in [1.82, 2.24) is 0 Å². The van der Waals surface area contributed by atoms with E-state index in [1.165, 1.54) is 13.8 Å². The van der Waals surface area contributed by atoms with Crippen molar-refractivity contribution in [2.24, 2.45) is 10.2 Å². The molecule has 0 radical (unpaired) electrons. The van der Waals surface area contributed by atoms with E-state index in [1.807, 2.05) is 12.1 Å². The number of nitriles is 2. The van der Waals surface area contributed by atoms with Crippen LogP contribution in [-0.2, 0) is 4.79 Å². The second-order valence-corrected chi connectivity index (χ2v) is 4.45. The van der Waals surface area contributed by atoms with Crippen LogP contribution in [0, 0.1) is 22.7 Å². The van der Waals surface area contributed by atoms with Crippen LogP contribution < -0.4 is 0 Å². The number of nitrogens with zero attached hydrogens (tertiary/aromatic N) is 4. The van der Waals surface area contributed by atoms with Crippen molar-refractivity contribution in [3.63, 3.8) is 0 Å². The number of Topliss-reactive ketones (excluding diaryl/α,β-unsaturated/α-hetero) is 1. The van der Waals surface area contributed by atoms with E-state index in [1.54, 1.807) is 27.7 Å². The van der Waals surface area contributed by atoms with Gasteiger partial charge in [-0.3, -0.25) is 0 Å². The Balaban J connectivity index is 0. The molecular formula is C11H18N4O. The van der Waals surface area contributed by atoms with Crippen LogP contribution in [0.3, 0.4) is 0 Å². The van der Waals surface area contributed by atoms with Gasteiger partial charge < -0.3 is 4.79 Å². The van der Waals surface area contributed by atoms with Gasteiger partial charge in [-0.15, -0.1) is 0 Å². The van der Waals surface area contributed by atoms with Crippen molar-refractivity contribution in [2.45, 2.75) is 52.6 Å². The SMILES string of the molecule is CC(C)(C#N)/N=N/C(C)(C)C#N.CC(C)=O. The third-order valence-electron chi connectivity index (χ3n) is 1.10. The first-order valence-corrected chi connectivity index (χ1v) is 4.80. The molecule has 5 nitrogen and oxygen atoms in total. The molecule has 16 heavy (non-hydrogen) atoms. The summed E-state index contributed by atoms with van der Waals surface area (Å²) in [6, 6.07) is 3.94. The van der Waals surface area contributed by atoms with Gasteiger partial charge in [-0.25, -0.2) is 0 Å². The number of hydrogen-bond donors (Lipinski definition) is 0. The van der Waals surface area contributed by atoms with E-state index in [-0.39, 0.29) is 5.78 Å². The highest BCUT2D eigenvalue weighted by Crippen LogP contribution is 2.13. The average Bonchev–Trinajstić information content (AvgIpc) is 2.15. The summed E-state index contributed by atoms with van der Waals surface area (Å²) in [5.41, 5.74) is -1.68. The van der Waals surface area contributed by atoms with Gasteiger partial charge in [0.1, 0.15) is 5.78 Å². The minimum Gasteiger partial charge on any atom is -0.300 e. The minimum atomic E-state index is -0.839. The molecule has 0 saturated heterocycles. The van der Waals surface area contributed by atoms with Crippen molar-refractivity contribution in [1.29, 1.82) is 10.5 Å². The van der Waals surface area contributed by atoms with Crippen LogP contribution in [0.25, 0.3) is 0 Å². The molecule has 0 aliphatic carbocycles. The van der Waals surface area contributed by atoms with Crippen LogP contribution in [0.1, 0.15) is 41.5 Å². The second kappa shape index (κ2) is 6.68. The number of carbonyl (C=O) groups is 1. The second-order valence-electron chi connectivity index (χ2n) is 4.45. The van der Waals surface area contributed by atoms with Crippen molar-refractivity contribution < 1.29 is 4.79 Å². The standard InChI is InChI=1S/C8H12N4.C3H6O/c1-7(2,5-9)11-12-8(3,4)6-10;1-3(2)4/h1-4H3;1-2H3/b12-11+;. The number of carbonyl (C=O) groups excluding carboxylic acids is 1. The lowest BCUT2D eigenvalue weighted by atomic mass is 10.1. The fourth-order valence-electron chi connectivity index (χ4n) is 0.295. The molecule has 0 N–H and O–H groups in total. The number of rotatable bonds is 2. The van der Waals surface area contributed by atoms with Crippen molar-refractivity contribution in [3.8, 4) is 12.1 Å². The summed E-state index contributed by atoms with van der Waals surface area (Å²) in [5, 5.41) is 24.7. The van der Waals surface area contributed by atoms with E-state index in [0.29, 0.717) is 0 Å². The van der Waals surface area contributed by atoms with Gasteiger partial charge in [0.05, 0.1) is 12.1 Å². The van der Waals surface area contributed by atoms with Gasteiger partial charge in [-0.1, -0.05) is 0 Å². The van der Waals surface area contributed by atoms with E-state index in [9.17, 15) is 4.79 Å². The highest BCUT2D eigenvalue weighted by molar-refractivity contribution is 5.72. The molecule has 0 rings (SSSR count). The van der Waals surface area contributed by atoms with Crippen LogP contribution in [0.15, 0.2) is 10.2 Å². The van der Waals surface area contributed by atoms with Gasteiger partial charge in [-0.05, 0) is 41.5 Å². The Morgan fingerprint density at radius 3 is 1.25 bits per heavy atom. The van der Waals surface area contributed by atoms with Gasteiger partial charge in [0.25, 0.3) is 0 Å². The van der Waals surface area contributed by atoms with Crippen LogP contribution in [0.5, 0.6) is 0 Å². The van der Waals surface area contributed by atoms with E-state index in [2.05, 4.69) is 10.2 Å². The molecule has 0 saturated carbocycles. The highest BCUT2D eigenvalue weighted by Gasteiger charge is 2.19. The number of azo groups is 1. The molecule has 0 amide bonds. The molecule has 0 bridgehead atoms. The quantitative estimate of drug-likeness (QED) is 0.672. The first-order chi connectivity index (χ1) is 7.06. The van der Waals surface area contributed by atoms with Gasteiger partial charge in [-0.2, -0.15) is 20.8 Å². The lowest BCUT2D eigenvalue weighted by molar-refractivity contribution is -0.114. The Kier molecular flexibility index (Phi) is 6.96. The summed E-state index contributed by atoms with van der Waals surface area (Å²) in [7, 11) is 0. The van der Waals surface area contributed by atoms with Crippen LogP contribution in [0.4, 0.5) is 0 Å². The molecule has 5 heteroatoms. The summed E-state index contributed by atoms with van der Waals surface area (Å²) in [6.45, 7) is 9.63. The maximum atomic E-state index is 9.44. The summed E-state index contributed by atoms with van der Waals surface area (Å²) < 4.78 is 0. The van der Waals surface area contributed by atoms with Gasteiger partial charge in [0, 0.05) is 0 Å². The molecule has 0 fully saturated rings. The van der Waals surface area contributed by atoms with Crippen molar-refractivity contribution >= 4 is 5.78 Å². The molecule has 88 valence electrons. The molecule has 0 unspecified atom stereocenters. The first-order valence-electron chi connectivity index (χ1n) is 4.80. The maximum Gasteiger partial charge on any atom is 0.162 e. The Bertz CT molecular complexity index is 310. The molecule has 0 aromatic heterocycles. The topological polar surface area (TPSA) is 89.4 Å². The highest BCUT2D eigenvalue weighted by atomic mass is 16.1. The van der Waals surface area contributed by atoms with Crippen LogP contribution in [0.2, 0.25) is 0 Å². The molecule has 0 aromatic carbocycles. The lowest BCUT2D eigenvalue weighted by Gasteiger charge is -2.11. The van der Waals surface area contributed by atoms with E-state index < -0.39 is 11.1 Å². The van der Waals surface area contributed by atoms with E-state index >= 15 is 0 Å². The molecule has 0 aromatic rings. The van der Waals surface area contributed by atoms with Gasteiger partial charge in [0.2, 0.25) is 0 Å². The van der Waals surface area contributed by atoms with E-state index in [0.717, 1.165) is 0 Å².